The summed E-state index contributed by atoms with van der Waals surface area (Å²) in [6.07, 6.45) is -0.237. The van der Waals surface area contributed by atoms with Crippen molar-refractivity contribution in [2.24, 2.45) is 0 Å². The fourth-order valence-electron chi connectivity index (χ4n) is 2.88. The number of methoxy groups -OCH3 is 1. The molecule has 3 aromatic rings. The van der Waals surface area contributed by atoms with Gasteiger partial charge in [-0.3, -0.25) is 4.79 Å². The van der Waals surface area contributed by atoms with E-state index in [1.165, 1.54) is 7.11 Å². The molecule has 0 radical (unpaired) electrons. The van der Waals surface area contributed by atoms with Crippen LogP contribution in [-0.2, 0) is 16.0 Å². The smallest absolute Gasteiger partial charge is 0.343 e. The van der Waals surface area contributed by atoms with E-state index in [1.807, 2.05) is 0 Å². The molecule has 0 spiro atoms. The van der Waals surface area contributed by atoms with Gasteiger partial charge in [-0.2, -0.15) is 0 Å². The van der Waals surface area contributed by atoms with Crippen LogP contribution in [0.3, 0.4) is 0 Å². The molecule has 0 bridgehead atoms. The summed E-state index contributed by atoms with van der Waals surface area (Å²) in [6.45, 7) is 3.46. The zero-order chi connectivity index (χ0) is 20.4. The highest BCUT2D eigenvalue weighted by atomic mass is 35.5. The summed E-state index contributed by atoms with van der Waals surface area (Å²) >= 11 is 5.85. The molecule has 0 aliphatic rings. The Morgan fingerprint density at radius 3 is 2.43 bits per heavy atom. The van der Waals surface area contributed by atoms with Crippen molar-refractivity contribution in [2.75, 3.05) is 7.11 Å². The molecule has 2 aromatic carbocycles. The first-order valence-corrected chi connectivity index (χ1v) is 8.79. The lowest BCUT2D eigenvalue weighted by Crippen LogP contribution is -2.17. The molecule has 0 unspecified atom stereocenters. The molecular formula is C21H17ClO6. The molecule has 0 aliphatic carbocycles. The Morgan fingerprint density at radius 1 is 1.11 bits per heavy atom. The van der Waals surface area contributed by atoms with Crippen LogP contribution in [-0.4, -0.2) is 19.0 Å². The number of aryl methyl sites for hydroxylation is 2. The molecule has 6 nitrogen and oxygen atoms in total. The summed E-state index contributed by atoms with van der Waals surface area (Å²) in [5.74, 6) is -0.910. The third-order valence-electron chi connectivity index (χ3n) is 4.32. The molecule has 28 heavy (non-hydrogen) atoms. The van der Waals surface area contributed by atoms with E-state index >= 15 is 0 Å². The van der Waals surface area contributed by atoms with Crippen molar-refractivity contribution < 1.29 is 23.5 Å². The van der Waals surface area contributed by atoms with Gasteiger partial charge in [0.05, 0.1) is 30.0 Å². The molecule has 0 atom stereocenters. The Labute approximate surface area is 165 Å². The van der Waals surface area contributed by atoms with E-state index in [0.29, 0.717) is 21.5 Å². The standard InChI is InChI=1S/C21H17ClO6/c1-11-8-16(27-20(24)13-4-6-14(22)7-5-13)19-12(2)15(10-18(23)26-3)21(25)28-17(19)9-11/h4-9H,10H2,1-3H3. The minimum Gasteiger partial charge on any atom is -0.469 e. The summed E-state index contributed by atoms with van der Waals surface area (Å²) in [7, 11) is 1.24. The highest BCUT2D eigenvalue weighted by molar-refractivity contribution is 6.30. The summed E-state index contributed by atoms with van der Waals surface area (Å²) < 4.78 is 15.6. The van der Waals surface area contributed by atoms with Crippen molar-refractivity contribution >= 4 is 34.5 Å². The van der Waals surface area contributed by atoms with Crippen molar-refractivity contribution in [3.63, 3.8) is 0 Å². The van der Waals surface area contributed by atoms with Crippen LogP contribution in [0.5, 0.6) is 5.75 Å². The van der Waals surface area contributed by atoms with Crippen LogP contribution in [0.4, 0.5) is 0 Å². The van der Waals surface area contributed by atoms with Gasteiger partial charge >= 0.3 is 17.6 Å². The summed E-state index contributed by atoms with van der Waals surface area (Å²) in [5, 5.41) is 0.953. The molecule has 1 aromatic heterocycles. The van der Waals surface area contributed by atoms with Crippen LogP contribution < -0.4 is 10.4 Å². The highest BCUT2D eigenvalue weighted by Gasteiger charge is 2.20. The number of rotatable bonds is 4. The van der Waals surface area contributed by atoms with Crippen LogP contribution in [0.2, 0.25) is 5.02 Å². The Morgan fingerprint density at radius 2 is 1.79 bits per heavy atom. The fourth-order valence-corrected chi connectivity index (χ4v) is 3.01. The third-order valence-corrected chi connectivity index (χ3v) is 4.57. The van der Waals surface area contributed by atoms with Crippen molar-refractivity contribution in [3.05, 3.63) is 74.1 Å². The second-order valence-electron chi connectivity index (χ2n) is 6.28. The molecule has 0 aliphatic heterocycles. The second-order valence-corrected chi connectivity index (χ2v) is 6.72. The van der Waals surface area contributed by atoms with Gasteiger partial charge in [-0.25, -0.2) is 9.59 Å². The van der Waals surface area contributed by atoms with E-state index in [1.54, 1.807) is 50.2 Å². The number of carbonyl (C=O) groups excluding carboxylic acids is 2. The molecule has 1 heterocycles. The monoisotopic (exact) mass is 400 g/mol. The van der Waals surface area contributed by atoms with Crippen LogP contribution in [0.1, 0.15) is 27.0 Å². The first-order chi connectivity index (χ1) is 13.3. The number of benzene rings is 2. The number of hydrogen-bond donors (Lipinski definition) is 0. The Hall–Kier alpha value is -3.12. The summed E-state index contributed by atoms with van der Waals surface area (Å²) in [5.41, 5.74) is 1.37. The van der Waals surface area contributed by atoms with E-state index in [-0.39, 0.29) is 23.3 Å². The average Bonchev–Trinajstić information content (AvgIpc) is 2.64. The van der Waals surface area contributed by atoms with E-state index in [4.69, 9.17) is 20.8 Å². The second kappa shape index (κ2) is 7.86. The van der Waals surface area contributed by atoms with Crippen LogP contribution in [0.25, 0.3) is 11.0 Å². The lowest BCUT2D eigenvalue weighted by atomic mass is 10.0. The molecule has 0 fully saturated rings. The van der Waals surface area contributed by atoms with Crippen molar-refractivity contribution in [3.8, 4) is 5.75 Å². The molecule has 3 rings (SSSR count). The molecule has 0 N–H and O–H groups in total. The SMILES string of the molecule is COC(=O)Cc1c(C)c2c(OC(=O)c3ccc(Cl)cc3)cc(C)cc2oc1=O. The quantitative estimate of drug-likeness (QED) is 0.374. The number of halogens is 1. The highest BCUT2D eigenvalue weighted by Crippen LogP contribution is 2.32. The number of esters is 2. The van der Waals surface area contributed by atoms with Crippen LogP contribution in [0, 0.1) is 13.8 Å². The molecule has 7 heteroatoms. The van der Waals surface area contributed by atoms with Gasteiger partial charge in [0.2, 0.25) is 0 Å². The van der Waals surface area contributed by atoms with Gasteiger partial charge in [0.15, 0.2) is 0 Å². The average molecular weight is 401 g/mol. The van der Waals surface area contributed by atoms with E-state index in [0.717, 1.165) is 5.56 Å². The van der Waals surface area contributed by atoms with Crippen molar-refractivity contribution in [2.45, 2.75) is 20.3 Å². The van der Waals surface area contributed by atoms with Gasteiger partial charge in [0.1, 0.15) is 11.3 Å². The zero-order valence-electron chi connectivity index (χ0n) is 15.5. The lowest BCUT2D eigenvalue weighted by Gasteiger charge is -2.13. The number of hydrogen-bond acceptors (Lipinski definition) is 6. The van der Waals surface area contributed by atoms with Gasteiger partial charge in [0.25, 0.3) is 0 Å². The van der Waals surface area contributed by atoms with E-state index in [9.17, 15) is 14.4 Å². The lowest BCUT2D eigenvalue weighted by molar-refractivity contribution is -0.139. The maximum atomic E-state index is 12.5. The minimum absolute atomic E-state index is 0.159. The number of carbonyl (C=O) groups is 2. The van der Waals surface area contributed by atoms with Crippen LogP contribution in [0.15, 0.2) is 45.6 Å². The predicted molar refractivity (Wildman–Crippen MR) is 104 cm³/mol. The van der Waals surface area contributed by atoms with Gasteiger partial charge in [-0.05, 0) is 61.4 Å². The van der Waals surface area contributed by atoms with Crippen LogP contribution >= 0.6 is 11.6 Å². The van der Waals surface area contributed by atoms with E-state index < -0.39 is 17.6 Å². The molecule has 0 saturated heterocycles. The molecule has 144 valence electrons. The molecule has 0 amide bonds. The topological polar surface area (TPSA) is 82.8 Å². The Bertz CT molecular complexity index is 1130. The first-order valence-electron chi connectivity index (χ1n) is 8.41. The largest absolute Gasteiger partial charge is 0.469 e. The molecule has 0 saturated carbocycles. The first kappa shape index (κ1) is 19.6. The summed E-state index contributed by atoms with van der Waals surface area (Å²) in [6, 6.07) is 9.63. The summed E-state index contributed by atoms with van der Waals surface area (Å²) in [4.78, 5) is 36.5. The molecular weight excluding hydrogens is 384 g/mol. The van der Waals surface area contributed by atoms with Gasteiger partial charge < -0.3 is 13.9 Å². The maximum Gasteiger partial charge on any atom is 0.343 e. The predicted octanol–water partition coefficient (Wildman–Crippen LogP) is 4.00. The Kier molecular flexibility index (Phi) is 5.51. The maximum absolute atomic E-state index is 12.5. The van der Waals surface area contributed by atoms with E-state index in [2.05, 4.69) is 4.74 Å². The van der Waals surface area contributed by atoms with Gasteiger partial charge in [-0.1, -0.05) is 11.6 Å². The zero-order valence-corrected chi connectivity index (χ0v) is 16.3. The van der Waals surface area contributed by atoms with Crippen molar-refractivity contribution in [1.29, 1.82) is 0 Å². The number of ether oxygens (including phenoxy) is 2. The fraction of sp³-hybridized carbons (Fsp3) is 0.190. The Balaban J connectivity index is 2.12. The minimum atomic E-state index is -0.629. The normalized spacial score (nSPS) is 10.7. The number of fused-ring (bicyclic) bond motifs is 1. The van der Waals surface area contributed by atoms with Gasteiger partial charge in [-0.15, -0.1) is 0 Å². The van der Waals surface area contributed by atoms with Crippen molar-refractivity contribution in [1.82, 2.24) is 0 Å². The van der Waals surface area contributed by atoms with Gasteiger partial charge in [0, 0.05) is 5.02 Å². The third kappa shape index (κ3) is 3.92.